The minimum atomic E-state index is -4.61. The largest absolute Gasteiger partial charge is 0.417 e. The van der Waals surface area contributed by atoms with E-state index in [9.17, 15) is 18.0 Å². The molecule has 26 heavy (non-hydrogen) atoms. The Hall–Kier alpha value is -3.15. The number of nitrogens with zero attached hydrogens (tertiary/aromatic N) is 1. The van der Waals surface area contributed by atoms with Crippen LogP contribution in [0.3, 0.4) is 0 Å². The van der Waals surface area contributed by atoms with Crippen LogP contribution in [-0.2, 0) is 6.18 Å². The molecule has 0 fully saturated rings. The Morgan fingerprint density at radius 3 is 2.19 bits per heavy atom. The molecule has 0 bridgehead atoms. The molecule has 1 amide bonds. The molecule has 2 aromatic carbocycles. The van der Waals surface area contributed by atoms with Crippen LogP contribution in [0.1, 0.15) is 33.2 Å². The molecule has 0 aliphatic rings. The lowest BCUT2D eigenvalue weighted by Gasteiger charge is -2.20. The van der Waals surface area contributed by atoms with Crippen LogP contribution in [0.5, 0.6) is 0 Å². The van der Waals surface area contributed by atoms with Crippen molar-refractivity contribution in [2.45, 2.75) is 12.2 Å². The van der Waals surface area contributed by atoms with Gasteiger partial charge < -0.3 is 5.32 Å². The normalized spacial score (nSPS) is 12.4. The summed E-state index contributed by atoms with van der Waals surface area (Å²) in [6.45, 7) is 0. The van der Waals surface area contributed by atoms with E-state index in [2.05, 4.69) is 10.3 Å². The number of alkyl halides is 3. The van der Waals surface area contributed by atoms with Crippen LogP contribution in [0.25, 0.3) is 0 Å². The van der Waals surface area contributed by atoms with Crippen LogP contribution in [-0.4, -0.2) is 10.9 Å². The van der Waals surface area contributed by atoms with Crippen LogP contribution in [0.2, 0.25) is 0 Å². The molecule has 132 valence electrons. The number of hydrogen-bond donors (Lipinski definition) is 1. The molecule has 0 spiro atoms. The lowest BCUT2D eigenvalue weighted by atomic mass is 10.0. The number of aromatic nitrogens is 1. The monoisotopic (exact) mass is 356 g/mol. The Morgan fingerprint density at radius 1 is 0.885 bits per heavy atom. The van der Waals surface area contributed by atoms with Crippen molar-refractivity contribution in [1.29, 1.82) is 0 Å². The van der Waals surface area contributed by atoms with E-state index in [-0.39, 0.29) is 0 Å². The average Bonchev–Trinajstić information content (AvgIpc) is 2.66. The van der Waals surface area contributed by atoms with Gasteiger partial charge in [-0.2, -0.15) is 13.2 Å². The molecule has 1 aromatic heterocycles. The number of nitrogens with one attached hydrogen (secondary N) is 1. The molecule has 3 nitrogen and oxygen atoms in total. The lowest BCUT2D eigenvalue weighted by molar-refractivity contribution is -0.137. The maximum Gasteiger partial charge on any atom is 0.417 e. The summed E-state index contributed by atoms with van der Waals surface area (Å²) in [5, 5.41) is 2.68. The standard InChI is InChI=1S/C20H15F3N2O/c21-20(22,23)16-11-5-4-10-15(16)19(26)25-18(14-8-2-1-3-9-14)17-12-6-7-13-24-17/h1-13,18H,(H,25,26)/t18-/m0/s1. The zero-order chi connectivity index (χ0) is 18.6. The van der Waals surface area contributed by atoms with Crippen LogP contribution in [0.4, 0.5) is 13.2 Å². The number of hydrogen-bond acceptors (Lipinski definition) is 2. The van der Waals surface area contributed by atoms with E-state index < -0.39 is 29.3 Å². The first-order valence-corrected chi connectivity index (χ1v) is 7.90. The van der Waals surface area contributed by atoms with Crippen LogP contribution in [0, 0.1) is 0 Å². The third-order valence-electron chi connectivity index (χ3n) is 3.87. The predicted octanol–water partition coefficient (Wildman–Crippen LogP) is 4.62. The highest BCUT2D eigenvalue weighted by atomic mass is 19.4. The minimum Gasteiger partial charge on any atom is -0.340 e. The second kappa shape index (κ2) is 7.39. The first kappa shape index (κ1) is 17.7. The fourth-order valence-electron chi connectivity index (χ4n) is 2.66. The van der Waals surface area contributed by atoms with Crippen molar-refractivity contribution in [1.82, 2.24) is 10.3 Å². The summed E-state index contributed by atoms with van der Waals surface area (Å²) >= 11 is 0. The Labute approximate surface area is 148 Å². The molecule has 1 N–H and O–H groups in total. The molecule has 3 aromatic rings. The van der Waals surface area contributed by atoms with Gasteiger partial charge in [0.05, 0.1) is 22.9 Å². The van der Waals surface area contributed by atoms with E-state index >= 15 is 0 Å². The van der Waals surface area contributed by atoms with Gasteiger partial charge in [-0.3, -0.25) is 9.78 Å². The number of pyridine rings is 1. The maximum atomic E-state index is 13.2. The fraction of sp³-hybridized carbons (Fsp3) is 0.100. The van der Waals surface area contributed by atoms with Gasteiger partial charge in [-0.1, -0.05) is 48.5 Å². The predicted molar refractivity (Wildman–Crippen MR) is 91.4 cm³/mol. The average molecular weight is 356 g/mol. The highest BCUT2D eigenvalue weighted by Gasteiger charge is 2.35. The SMILES string of the molecule is O=C(N[C@@H](c1ccccc1)c1ccccn1)c1ccccc1C(F)(F)F. The van der Waals surface area contributed by atoms with Gasteiger partial charge in [-0.25, -0.2) is 0 Å². The Bertz CT molecular complexity index is 841. The molecule has 1 heterocycles. The van der Waals surface area contributed by atoms with Gasteiger partial charge in [0.1, 0.15) is 0 Å². The van der Waals surface area contributed by atoms with Gasteiger partial charge in [0, 0.05) is 6.20 Å². The van der Waals surface area contributed by atoms with Crippen molar-refractivity contribution in [3.8, 4) is 0 Å². The highest BCUT2D eigenvalue weighted by Crippen LogP contribution is 2.32. The summed E-state index contributed by atoms with van der Waals surface area (Å²) in [7, 11) is 0. The van der Waals surface area contributed by atoms with E-state index in [1.54, 1.807) is 48.7 Å². The summed E-state index contributed by atoms with van der Waals surface area (Å²) < 4.78 is 39.6. The smallest absolute Gasteiger partial charge is 0.340 e. The van der Waals surface area contributed by atoms with Gasteiger partial charge in [-0.15, -0.1) is 0 Å². The van der Waals surface area contributed by atoms with E-state index in [0.717, 1.165) is 11.6 Å². The molecule has 0 aliphatic heterocycles. The van der Waals surface area contributed by atoms with Gasteiger partial charge >= 0.3 is 6.18 Å². The zero-order valence-electron chi connectivity index (χ0n) is 13.6. The first-order valence-electron chi connectivity index (χ1n) is 7.90. The third kappa shape index (κ3) is 3.91. The van der Waals surface area contributed by atoms with Crippen molar-refractivity contribution < 1.29 is 18.0 Å². The van der Waals surface area contributed by atoms with Crippen molar-refractivity contribution >= 4 is 5.91 Å². The van der Waals surface area contributed by atoms with Crippen molar-refractivity contribution in [3.05, 3.63) is 101 Å². The molecular formula is C20H15F3N2O. The first-order chi connectivity index (χ1) is 12.5. The second-order valence-electron chi connectivity index (χ2n) is 5.62. The molecule has 6 heteroatoms. The molecule has 0 saturated heterocycles. The molecule has 0 radical (unpaired) electrons. The van der Waals surface area contributed by atoms with E-state index in [1.807, 2.05) is 6.07 Å². The fourth-order valence-corrected chi connectivity index (χ4v) is 2.66. The molecular weight excluding hydrogens is 341 g/mol. The summed E-state index contributed by atoms with van der Waals surface area (Å²) in [5.74, 6) is -0.808. The lowest BCUT2D eigenvalue weighted by Crippen LogP contribution is -2.31. The van der Waals surface area contributed by atoms with Crippen LogP contribution < -0.4 is 5.32 Å². The van der Waals surface area contributed by atoms with E-state index in [1.165, 1.54) is 18.2 Å². The van der Waals surface area contributed by atoms with Gasteiger partial charge in [0.2, 0.25) is 0 Å². The van der Waals surface area contributed by atoms with Crippen molar-refractivity contribution in [2.24, 2.45) is 0 Å². The molecule has 0 aliphatic carbocycles. The highest BCUT2D eigenvalue weighted by molar-refractivity contribution is 5.96. The van der Waals surface area contributed by atoms with Crippen molar-refractivity contribution in [3.63, 3.8) is 0 Å². The molecule has 3 rings (SSSR count). The third-order valence-corrected chi connectivity index (χ3v) is 3.87. The number of carbonyl (C=O) groups is 1. The maximum absolute atomic E-state index is 13.2. The number of rotatable bonds is 4. The number of carbonyl (C=O) groups excluding carboxylic acids is 1. The Morgan fingerprint density at radius 2 is 1.54 bits per heavy atom. The zero-order valence-corrected chi connectivity index (χ0v) is 13.6. The van der Waals surface area contributed by atoms with E-state index in [0.29, 0.717) is 5.69 Å². The van der Waals surface area contributed by atoms with Crippen LogP contribution >= 0.6 is 0 Å². The summed E-state index contributed by atoms with van der Waals surface area (Å²) in [5.41, 5.74) is -0.122. The van der Waals surface area contributed by atoms with E-state index in [4.69, 9.17) is 0 Å². The van der Waals surface area contributed by atoms with Crippen molar-refractivity contribution in [2.75, 3.05) is 0 Å². The summed E-state index contributed by atoms with van der Waals surface area (Å²) in [6.07, 6.45) is -3.04. The molecule has 0 saturated carbocycles. The quantitative estimate of drug-likeness (QED) is 0.741. The topological polar surface area (TPSA) is 42.0 Å². The molecule has 1 atom stereocenters. The van der Waals surface area contributed by atoms with Gasteiger partial charge in [0.15, 0.2) is 0 Å². The van der Waals surface area contributed by atoms with Gasteiger partial charge in [-0.05, 0) is 29.8 Å². The summed E-state index contributed by atoms with van der Waals surface area (Å²) in [6, 6.07) is 18.2. The second-order valence-corrected chi connectivity index (χ2v) is 5.62. The van der Waals surface area contributed by atoms with Crippen LogP contribution in [0.15, 0.2) is 79.0 Å². The summed E-state index contributed by atoms with van der Waals surface area (Å²) in [4.78, 5) is 16.9. The molecule has 0 unspecified atom stereocenters. The van der Waals surface area contributed by atoms with Gasteiger partial charge in [0.25, 0.3) is 5.91 Å². The number of halogens is 3. The Kier molecular flexibility index (Phi) is 5.02. The minimum absolute atomic E-state index is 0.420. The Balaban J connectivity index is 1.97. The number of benzene rings is 2. The number of amides is 1.